The lowest BCUT2D eigenvalue weighted by Crippen LogP contribution is -2.48. The fourth-order valence-electron chi connectivity index (χ4n) is 3.41. The Balaban J connectivity index is 0.00000160. The van der Waals surface area contributed by atoms with Gasteiger partial charge in [0.1, 0.15) is 5.75 Å². The van der Waals surface area contributed by atoms with Crippen LogP contribution in [0, 0.1) is 0 Å². The maximum atomic E-state index is 12.2. The predicted molar refractivity (Wildman–Crippen MR) is 124 cm³/mol. The fourth-order valence-corrected chi connectivity index (χ4v) is 3.41. The Morgan fingerprint density at radius 1 is 1.10 bits per heavy atom. The Morgan fingerprint density at radius 3 is 2.47 bits per heavy atom. The summed E-state index contributed by atoms with van der Waals surface area (Å²) >= 11 is 0. The Bertz CT molecular complexity index is 777. The average molecular weight is 453 g/mol. The second kappa shape index (κ2) is 12.0. The maximum absolute atomic E-state index is 12.2. The van der Waals surface area contributed by atoms with Crippen LogP contribution in [0.4, 0.5) is 10.5 Å². The molecule has 8 heteroatoms. The third-order valence-electron chi connectivity index (χ3n) is 5.26. The number of hydrogen-bond donors (Lipinski definition) is 2. The number of carbonyl (C=O) groups is 1. The molecular weight excluding hydrogens is 423 g/mol. The molecule has 2 fully saturated rings. The lowest BCUT2D eigenvalue weighted by atomic mass is 10.1. The number of piperazine rings is 1. The molecule has 0 unspecified atom stereocenters. The van der Waals surface area contributed by atoms with E-state index in [4.69, 9.17) is 4.74 Å². The van der Waals surface area contributed by atoms with Crippen molar-refractivity contribution in [3.63, 3.8) is 0 Å². The summed E-state index contributed by atoms with van der Waals surface area (Å²) in [6.45, 7) is 3.84. The third-order valence-corrected chi connectivity index (χ3v) is 5.26. The molecule has 1 saturated carbocycles. The van der Waals surface area contributed by atoms with Gasteiger partial charge < -0.3 is 20.3 Å². The number of nitrogens with zero attached hydrogens (tertiary/aromatic N) is 2. The van der Waals surface area contributed by atoms with Gasteiger partial charge in [-0.2, -0.15) is 0 Å². The number of pyridine rings is 1. The number of halogens is 2. The van der Waals surface area contributed by atoms with Crippen molar-refractivity contribution in [2.45, 2.75) is 31.6 Å². The molecule has 30 heavy (non-hydrogen) atoms. The third kappa shape index (κ3) is 7.04. The smallest absolute Gasteiger partial charge is 0.321 e. The Morgan fingerprint density at radius 2 is 1.83 bits per heavy atom. The molecule has 1 saturated heterocycles. The molecule has 0 bridgehead atoms. The molecule has 4 rings (SSSR count). The van der Waals surface area contributed by atoms with Crippen molar-refractivity contribution >= 4 is 36.5 Å². The largest absolute Gasteiger partial charge is 0.494 e. The molecule has 2 aliphatic rings. The highest BCUT2D eigenvalue weighted by molar-refractivity contribution is 5.89. The van der Waals surface area contributed by atoms with Crippen LogP contribution in [0.25, 0.3) is 0 Å². The minimum Gasteiger partial charge on any atom is -0.494 e. The second-order valence-corrected chi connectivity index (χ2v) is 7.50. The number of carbonyl (C=O) groups excluding carboxylic acids is 1. The van der Waals surface area contributed by atoms with E-state index in [9.17, 15) is 4.79 Å². The summed E-state index contributed by atoms with van der Waals surface area (Å²) in [5.74, 6) is 1.72. The Labute approximate surface area is 190 Å². The van der Waals surface area contributed by atoms with E-state index in [1.165, 1.54) is 18.4 Å². The van der Waals surface area contributed by atoms with Crippen LogP contribution in [0.15, 0.2) is 42.6 Å². The van der Waals surface area contributed by atoms with Crippen molar-refractivity contribution in [1.29, 1.82) is 0 Å². The lowest BCUT2D eigenvalue weighted by Gasteiger charge is -2.27. The van der Waals surface area contributed by atoms with Gasteiger partial charge in [0.25, 0.3) is 0 Å². The van der Waals surface area contributed by atoms with E-state index in [2.05, 4.69) is 39.9 Å². The summed E-state index contributed by atoms with van der Waals surface area (Å²) in [4.78, 5) is 18.5. The second-order valence-electron chi connectivity index (χ2n) is 7.50. The number of urea groups is 1. The van der Waals surface area contributed by atoms with Gasteiger partial charge in [0, 0.05) is 31.9 Å². The van der Waals surface area contributed by atoms with Crippen LogP contribution < -0.4 is 15.4 Å². The molecule has 2 amide bonds. The molecule has 2 heterocycles. The first-order chi connectivity index (χ1) is 13.8. The monoisotopic (exact) mass is 452 g/mol. The summed E-state index contributed by atoms with van der Waals surface area (Å²) in [7, 11) is 0. The molecule has 0 radical (unpaired) electrons. The van der Waals surface area contributed by atoms with Crippen LogP contribution in [-0.4, -0.2) is 48.7 Å². The van der Waals surface area contributed by atoms with Crippen molar-refractivity contribution in [3.05, 3.63) is 53.9 Å². The first kappa shape index (κ1) is 24.3. The van der Waals surface area contributed by atoms with Crippen molar-refractivity contribution in [2.24, 2.45) is 0 Å². The predicted octanol–water partition coefficient (Wildman–Crippen LogP) is 4.25. The summed E-state index contributed by atoms with van der Waals surface area (Å²) in [6.07, 6.45) is 6.14. The topological polar surface area (TPSA) is 66.5 Å². The SMILES string of the molecule is Cl.Cl.O=C(Nc1ccc(CCCOc2ccc(C3CC3)cc2)nc1)N1CCNCC1. The van der Waals surface area contributed by atoms with Gasteiger partial charge in [0.05, 0.1) is 18.5 Å². The molecule has 0 atom stereocenters. The Kier molecular flexibility index (Phi) is 9.69. The lowest BCUT2D eigenvalue weighted by molar-refractivity contribution is 0.204. The molecule has 1 aliphatic carbocycles. The molecule has 1 aliphatic heterocycles. The van der Waals surface area contributed by atoms with E-state index < -0.39 is 0 Å². The van der Waals surface area contributed by atoms with E-state index in [-0.39, 0.29) is 30.8 Å². The number of rotatable bonds is 7. The van der Waals surface area contributed by atoms with Crippen LogP contribution in [0.5, 0.6) is 5.75 Å². The van der Waals surface area contributed by atoms with Gasteiger partial charge in [0.15, 0.2) is 0 Å². The summed E-state index contributed by atoms with van der Waals surface area (Å²) in [6, 6.07) is 12.3. The summed E-state index contributed by atoms with van der Waals surface area (Å²) in [5.41, 5.74) is 3.17. The van der Waals surface area contributed by atoms with E-state index in [0.717, 1.165) is 62.1 Å². The zero-order valence-electron chi connectivity index (χ0n) is 17.0. The minimum absolute atomic E-state index is 0. The van der Waals surface area contributed by atoms with Gasteiger partial charge in [-0.05, 0) is 61.4 Å². The van der Waals surface area contributed by atoms with Crippen molar-refractivity contribution in [1.82, 2.24) is 15.2 Å². The Hall–Kier alpha value is -2.02. The molecule has 0 spiro atoms. The summed E-state index contributed by atoms with van der Waals surface area (Å²) < 4.78 is 5.83. The van der Waals surface area contributed by atoms with Gasteiger partial charge in [-0.25, -0.2) is 4.79 Å². The number of hydrogen-bond acceptors (Lipinski definition) is 4. The van der Waals surface area contributed by atoms with Gasteiger partial charge in [-0.15, -0.1) is 24.8 Å². The number of amides is 2. The average Bonchev–Trinajstić information content (AvgIpc) is 3.59. The molecule has 6 nitrogen and oxygen atoms in total. The molecule has 2 aromatic rings. The van der Waals surface area contributed by atoms with Crippen LogP contribution in [-0.2, 0) is 6.42 Å². The fraction of sp³-hybridized carbons (Fsp3) is 0.455. The highest BCUT2D eigenvalue weighted by Gasteiger charge is 2.23. The highest BCUT2D eigenvalue weighted by atomic mass is 35.5. The van der Waals surface area contributed by atoms with Crippen LogP contribution in [0.1, 0.15) is 36.4 Å². The van der Waals surface area contributed by atoms with E-state index in [1.54, 1.807) is 6.20 Å². The van der Waals surface area contributed by atoms with Crippen molar-refractivity contribution in [2.75, 3.05) is 38.1 Å². The van der Waals surface area contributed by atoms with Crippen LogP contribution >= 0.6 is 24.8 Å². The molecule has 1 aromatic heterocycles. The van der Waals surface area contributed by atoms with Gasteiger partial charge in [0.2, 0.25) is 0 Å². The normalized spacial score (nSPS) is 15.5. The van der Waals surface area contributed by atoms with E-state index >= 15 is 0 Å². The molecule has 1 aromatic carbocycles. The first-order valence-corrected chi connectivity index (χ1v) is 10.2. The van der Waals surface area contributed by atoms with Gasteiger partial charge >= 0.3 is 6.03 Å². The standard InChI is InChI=1S/C22H28N4O2.2ClH/c27-22(26-13-11-23-12-14-26)25-20-8-7-19(24-16-20)2-1-15-28-21-9-5-18(6-10-21)17-3-4-17;;/h5-10,16-17,23H,1-4,11-15H2,(H,25,27);2*1H. The van der Waals surface area contributed by atoms with E-state index in [1.807, 2.05) is 17.0 Å². The minimum atomic E-state index is -0.0582. The number of ether oxygens (including phenoxy) is 1. The number of anilines is 1. The van der Waals surface area contributed by atoms with Crippen molar-refractivity contribution in [3.8, 4) is 5.75 Å². The molecule has 2 N–H and O–H groups in total. The number of aryl methyl sites for hydroxylation is 1. The molecular formula is C22H30Cl2N4O2. The zero-order valence-corrected chi connectivity index (χ0v) is 18.6. The molecule has 164 valence electrons. The van der Waals surface area contributed by atoms with Crippen LogP contribution in [0.3, 0.4) is 0 Å². The van der Waals surface area contributed by atoms with Crippen molar-refractivity contribution < 1.29 is 9.53 Å². The van der Waals surface area contributed by atoms with E-state index in [0.29, 0.717) is 6.61 Å². The number of benzene rings is 1. The van der Waals surface area contributed by atoms with Gasteiger partial charge in [-0.3, -0.25) is 4.98 Å². The first-order valence-electron chi connectivity index (χ1n) is 10.2. The van der Waals surface area contributed by atoms with Gasteiger partial charge in [-0.1, -0.05) is 12.1 Å². The number of nitrogens with one attached hydrogen (secondary N) is 2. The zero-order chi connectivity index (χ0) is 19.2. The van der Waals surface area contributed by atoms with Crippen LogP contribution in [0.2, 0.25) is 0 Å². The maximum Gasteiger partial charge on any atom is 0.321 e. The summed E-state index contributed by atoms with van der Waals surface area (Å²) in [5, 5.41) is 6.16. The highest BCUT2D eigenvalue weighted by Crippen LogP contribution is 2.40. The quantitative estimate of drug-likeness (QED) is 0.616. The number of aromatic nitrogens is 1.